The summed E-state index contributed by atoms with van der Waals surface area (Å²) in [6.45, 7) is 0. The predicted molar refractivity (Wildman–Crippen MR) is 477 cm³/mol. The third kappa shape index (κ3) is 22.7. The summed E-state index contributed by atoms with van der Waals surface area (Å²) in [6.07, 6.45) is 10.1. The molecule has 0 atom stereocenters. The van der Waals surface area contributed by atoms with Crippen LogP contribution in [0.4, 0.5) is 48.3 Å². The van der Waals surface area contributed by atoms with Gasteiger partial charge in [-0.1, -0.05) is 78.9 Å². The lowest BCUT2D eigenvalue weighted by molar-refractivity contribution is 0.445. The second kappa shape index (κ2) is 41.0. The average molecular weight is 1740 g/mol. The van der Waals surface area contributed by atoms with Gasteiger partial charge in [0.25, 0.3) is 0 Å². The van der Waals surface area contributed by atoms with Crippen molar-refractivity contribution in [3.63, 3.8) is 0 Å². The second-order valence-electron chi connectivity index (χ2n) is 29.3. The van der Waals surface area contributed by atoms with Gasteiger partial charge in [-0.2, -0.15) is 25.5 Å². The normalized spacial score (nSPS) is 10.6. The molecule has 0 aliphatic rings. The first kappa shape index (κ1) is 86.8. The summed E-state index contributed by atoms with van der Waals surface area (Å²) >= 11 is 0. The van der Waals surface area contributed by atoms with Crippen molar-refractivity contribution in [1.82, 2.24) is 75.9 Å². The van der Waals surface area contributed by atoms with Gasteiger partial charge in [0.2, 0.25) is 0 Å². The van der Waals surface area contributed by atoms with Crippen LogP contribution in [0.5, 0.6) is 0 Å². The van der Waals surface area contributed by atoms with E-state index in [1.54, 1.807) is 55.2 Å². The Kier molecular flexibility index (Phi) is 27.2. The molecule has 0 spiro atoms. The minimum Gasteiger partial charge on any atom is -0.269 e. The average Bonchev–Trinajstić information content (AvgIpc) is 1.60. The molecule has 0 amide bonds. The molecule has 10 aromatic carbocycles. The quantitative estimate of drug-likeness (QED) is 0.0497. The highest BCUT2D eigenvalue weighted by atomic mass is 19.2. The van der Waals surface area contributed by atoms with Crippen LogP contribution < -0.4 is 0 Å². The lowest BCUT2D eigenvalue weighted by Gasteiger charge is -2.05. The van der Waals surface area contributed by atoms with Crippen LogP contribution in [0.25, 0.3) is 54.5 Å². The molecule has 0 bridgehead atoms. The van der Waals surface area contributed by atoms with E-state index in [0.29, 0.717) is 98.5 Å². The maximum atomic E-state index is 13.9. The third-order valence-corrected chi connectivity index (χ3v) is 20.0. The van der Waals surface area contributed by atoms with E-state index in [0.717, 1.165) is 113 Å². The first-order valence-electron chi connectivity index (χ1n) is 40.2. The third-order valence-electron chi connectivity index (χ3n) is 20.0. The summed E-state index contributed by atoms with van der Waals surface area (Å²) in [7, 11) is 0. The van der Waals surface area contributed by atoms with Gasteiger partial charge in [0, 0.05) is 88.5 Å². The fourth-order valence-corrected chi connectivity index (χ4v) is 13.7. The van der Waals surface area contributed by atoms with Gasteiger partial charge < -0.3 is 0 Å². The van der Waals surface area contributed by atoms with E-state index in [-0.39, 0.29) is 18.4 Å². The van der Waals surface area contributed by atoms with Gasteiger partial charge in [0.1, 0.15) is 91.8 Å². The SMILES string of the molecule is Fc1cc(Cc2ccc3n[nH]c(C#Cc4ccccn4)c3c2)cc(F)c1F.Fc1cc(F)cc(Cc2ccc3n[nH]c(C#Cc4ccccn4)c3c2)c1.Fc1ccc(Cc2ccc3n[nH]c(C#Cc4ccccn4)c3c2)c(F)c1.Fc1ccc(Cc2ccc3n[nH]c(C#Cc4ccccn4)c3c2)cc1F.Fc1cccc(F)c1Cc1ccc2n[nH]c(C#Cc3ccccn3)c2c1. The van der Waals surface area contributed by atoms with Crippen molar-refractivity contribution < 1.29 is 48.3 Å². The van der Waals surface area contributed by atoms with Crippen molar-refractivity contribution in [2.45, 2.75) is 32.1 Å². The minimum absolute atomic E-state index is 0.0523. The highest BCUT2D eigenvalue weighted by molar-refractivity contribution is 5.88. The number of hydrogen-bond donors (Lipinski definition) is 5. The second-order valence-corrected chi connectivity index (χ2v) is 29.3. The first-order chi connectivity index (χ1) is 63.8. The minimum atomic E-state index is -1.46. The number of halogens is 11. The molecule has 0 radical (unpaired) electrons. The number of hydrogen-bond acceptors (Lipinski definition) is 10. The molecule has 26 heteroatoms. The summed E-state index contributed by atoms with van der Waals surface area (Å²) in [4.78, 5) is 20.8. The molecule has 20 aromatic rings. The number of H-pyrrole nitrogens is 5. The number of pyridine rings is 5. The number of fused-ring (bicyclic) bond motifs is 5. The van der Waals surface area contributed by atoms with Gasteiger partial charge in [-0.15, -0.1) is 0 Å². The van der Waals surface area contributed by atoms with Crippen LogP contribution in [-0.4, -0.2) is 75.9 Å². The molecule has 0 fully saturated rings. The molecule has 10 heterocycles. The summed E-state index contributed by atoms with van der Waals surface area (Å²) in [5.74, 6) is 21.1. The van der Waals surface area contributed by atoms with Crippen LogP contribution in [0.2, 0.25) is 0 Å². The van der Waals surface area contributed by atoms with Crippen molar-refractivity contribution in [1.29, 1.82) is 0 Å². The van der Waals surface area contributed by atoms with Crippen molar-refractivity contribution >= 4 is 54.5 Å². The Labute approximate surface area is 740 Å². The van der Waals surface area contributed by atoms with Crippen LogP contribution in [-0.2, 0) is 32.1 Å². The molecular formula is C105H64F11N15. The number of nitrogens with zero attached hydrogens (tertiary/aromatic N) is 10. The van der Waals surface area contributed by atoms with E-state index >= 15 is 0 Å². The number of rotatable bonds is 10. The molecule has 0 aliphatic carbocycles. The van der Waals surface area contributed by atoms with Crippen LogP contribution in [0.15, 0.2) is 298 Å². The molecule has 0 unspecified atom stereocenters. The predicted octanol–water partition coefficient (Wildman–Crippen LogP) is 21.3. The lowest BCUT2D eigenvalue weighted by Crippen LogP contribution is -1.97. The Balaban J connectivity index is 0.000000120. The molecule has 5 N–H and O–H groups in total. The van der Waals surface area contributed by atoms with Crippen molar-refractivity contribution in [3.05, 3.63) is 474 Å². The molecule has 131 heavy (non-hydrogen) atoms. The molecule has 0 saturated heterocycles. The smallest absolute Gasteiger partial charge is 0.194 e. The number of aromatic nitrogens is 15. The standard InChI is InChI=1S/C21H12F3N3.4C21H13F2N3/c22-17-11-14(12-18(23)21(17)24)9-13-4-6-19-16(10-13)20(27-26-19)7-5-15-3-1-2-8-25-15;22-18-5-3-6-19(23)16(18)12-14-7-9-20-17(13-14)21(26-25-20)10-8-15-4-1-2-11-24-15;22-18-7-4-15(13-19(18)23)11-14-5-8-20-17(12-14)21(26-25-20)9-6-16-3-1-2-10-24-16;22-16-6-5-15(19(23)13-16)11-14-4-8-20-18(12-14)21(26-25-20)9-7-17-3-1-2-10-24-17;22-16-10-15(11-17(23)13-16)9-14-4-6-20-19(12-14)21(26-25-20)7-5-18-3-1-2-8-24-18/h1-4,6,8,10-12H,9H2,(H,26,27);1-7,9,11,13H,12H2,(H,25,26);1-5,7-8,10,12-13H,11H2,(H,25,26);1-6,8,10,12-13H,11H2,(H,25,26);1-4,6,8,10-13H,9H2,(H,25,26). The molecule has 10 aromatic heterocycles. The highest BCUT2D eigenvalue weighted by Crippen LogP contribution is 2.29. The van der Waals surface area contributed by atoms with Crippen molar-refractivity contribution in [2.75, 3.05) is 0 Å². The molecule has 15 nitrogen and oxygen atoms in total. The number of benzene rings is 10. The fourth-order valence-electron chi connectivity index (χ4n) is 13.7. The zero-order valence-corrected chi connectivity index (χ0v) is 68.5. The van der Waals surface area contributed by atoms with E-state index in [2.05, 4.69) is 135 Å². The topological polar surface area (TPSA) is 208 Å². The Morgan fingerprint density at radius 3 is 0.840 bits per heavy atom. The highest BCUT2D eigenvalue weighted by Gasteiger charge is 2.17. The number of aromatic amines is 5. The van der Waals surface area contributed by atoms with Gasteiger partial charge in [-0.3, -0.25) is 25.5 Å². The molecule has 20 rings (SSSR count). The van der Waals surface area contributed by atoms with Crippen LogP contribution in [0, 0.1) is 123 Å². The van der Waals surface area contributed by atoms with Gasteiger partial charge >= 0.3 is 0 Å². The van der Waals surface area contributed by atoms with Gasteiger partial charge in [-0.25, -0.2) is 73.2 Å². The van der Waals surface area contributed by atoms with E-state index in [9.17, 15) is 48.3 Å². The zero-order chi connectivity index (χ0) is 90.5. The summed E-state index contributed by atoms with van der Waals surface area (Å²) < 4.78 is 148. The Bertz CT molecular complexity index is 7840. The Morgan fingerprint density at radius 2 is 0.511 bits per heavy atom. The molecular weight excluding hydrogens is 1680 g/mol. The number of nitrogens with one attached hydrogen (secondary N) is 5. The van der Waals surface area contributed by atoms with Crippen molar-refractivity contribution in [2.24, 2.45) is 0 Å². The van der Waals surface area contributed by atoms with E-state index in [1.807, 2.05) is 164 Å². The van der Waals surface area contributed by atoms with Crippen molar-refractivity contribution in [3.8, 4) is 59.2 Å². The Hall–Kier alpha value is -17.7. The summed E-state index contributed by atoms with van der Waals surface area (Å²) in [6, 6.07) is 72.6. The molecule has 0 saturated carbocycles. The largest absolute Gasteiger partial charge is 0.269 e. The van der Waals surface area contributed by atoms with Gasteiger partial charge in [0.15, 0.2) is 29.1 Å². The Morgan fingerprint density at radius 1 is 0.206 bits per heavy atom. The summed E-state index contributed by atoms with van der Waals surface area (Å²) in [5, 5.41) is 39.9. The first-order valence-corrected chi connectivity index (χ1v) is 40.2. The van der Waals surface area contributed by atoms with Gasteiger partial charge in [-0.05, 0) is 304 Å². The van der Waals surface area contributed by atoms with Crippen LogP contribution in [0.3, 0.4) is 0 Å². The monoisotopic (exact) mass is 1740 g/mol. The van der Waals surface area contributed by atoms with Crippen LogP contribution >= 0.6 is 0 Å². The van der Waals surface area contributed by atoms with E-state index in [4.69, 9.17) is 0 Å². The zero-order valence-electron chi connectivity index (χ0n) is 68.5. The lowest BCUT2D eigenvalue weighted by atomic mass is 10.0. The van der Waals surface area contributed by atoms with E-state index in [1.165, 1.54) is 48.5 Å². The van der Waals surface area contributed by atoms with Gasteiger partial charge in [0.05, 0.1) is 27.6 Å². The molecule has 636 valence electrons. The maximum absolute atomic E-state index is 13.9. The fraction of sp³-hybridized carbons (Fsp3) is 0.0476. The summed E-state index contributed by atoms with van der Waals surface area (Å²) in [5.41, 5.74) is 16.9. The molecule has 0 aliphatic heterocycles. The maximum Gasteiger partial charge on any atom is 0.194 e. The van der Waals surface area contributed by atoms with Crippen LogP contribution in [0.1, 0.15) is 113 Å². The van der Waals surface area contributed by atoms with E-state index < -0.39 is 64.0 Å².